The van der Waals surface area contributed by atoms with E-state index in [1.54, 1.807) is 24.3 Å². The lowest BCUT2D eigenvalue weighted by Gasteiger charge is -2.07. The maximum atomic E-state index is 9.61. The van der Waals surface area contributed by atoms with Gasteiger partial charge in [0.05, 0.1) is 5.69 Å². The van der Waals surface area contributed by atoms with E-state index in [0.717, 1.165) is 11.4 Å². The number of phenolic OH excluding ortho intramolecular Hbond substituents is 1. The molecule has 0 fully saturated rings. The third-order valence-corrected chi connectivity index (χ3v) is 2.36. The molecule has 0 saturated heterocycles. The molecule has 1 heterocycles. The number of aryl methyl sites for hydroxylation is 2. The van der Waals surface area contributed by atoms with Gasteiger partial charge in [-0.15, -0.1) is 12.4 Å². The highest BCUT2D eigenvalue weighted by atomic mass is 35.5. The van der Waals surface area contributed by atoms with E-state index in [2.05, 4.69) is 20.3 Å². The highest BCUT2D eigenvalue weighted by molar-refractivity contribution is 5.94. The van der Waals surface area contributed by atoms with Crippen molar-refractivity contribution in [3.05, 3.63) is 41.7 Å². The van der Waals surface area contributed by atoms with E-state index in [4.69, 9.17) is 5.73 Å². The van der Waals surface area contributed by atoms with Gasteiger partial charge in [-0.05, 0) is 32.0 Å². The molecule has 106 valence electrons. The van der Waals surface area contributed by atoms with Gasteiger partial charge < -0.3 is 16.2 Å². The summed E-state index contributed by atoms with van der Waals surface area (Å²) in [6.45, 7) is 3.72. The number of hydrogen-bond acceptors (Lipinski definition) is 4. The van der Waals surface area contributed by atoms with E-state index in [0.29, 0.717) is 5.69 Å². The van der Waals surface area contributed by atoms with Gasteiger partial charge in [0.2, 0.25) is 5.96 Å². The van der Waals surface area contributed by atoms with Crippen LogP contribution in [0.5, 0.6) is 5.75 Å². The van der Waals surface area contributed by atoms with Gasteiger partial charge in [-0.2, -0.15) is 4.99 Å². The summed E-state index contributed by atoms with van der Waals surface area (Å²) in [6.07, 6.45) is 0. The van der Waals surface area contributed by atoms with Crippen LogP contribution in [-0.4, -0.2) is 21.0 Å². The zero-order valence-electron chi connectivity index (χ0n) is 11.2. The Labute approximate surface area is 123 Å². The summed E-state index contributed by atoms with van der Waals surface area (Å²) in [4.78, 5) is 12.4. The molecule has 0 atom stereocenters. The van der Waals surface area contributed by atoms with Crippen molar-refractivity contribution >= 4 is 30.0 Å². The lowest BCUT2D eigenvalue weighted by atomic mass is 10.3. The second kappa shape index (κ2) is 6.72. The van der Waals surface area contributed by atoms with Crippen molar-refractivity contribution in [2.75, 3.05) is 5.32 Å². The Hall–Kier alpha value is -2.34. The minimum atomic E-state index is 0. The van der Waals surface area contributed by atoms with Crippen molar-refractivity contribution in [2.24, 2.45) is 10.7 Å². The first-order valence-corrected chi connectivity index (χ1v) is 5.76. The molecule has 0 saturated carbocycles. The smallest absolute Gasteiger partial charge is 0.253 e. The molecule has 7 heteroatoms. The van der Waals surface area contributed by atoms with Gasteiger partial charge in [-0.25, -0.2) is 9.97 Å². The lowest BCUT2D eigenvalue weighted by Crippen LogP contribution is -2.22. The van der Waals surface area contributed by atoms with E-state index in [-0.39, 0.29) is 30.1 Å². The van der Waals surface area contributed by atoms with Crippen LogP contribution < -0.4 is 11.1 Å². The zero-order valence-corrected chi connectivity index (χ0v) is 12.0. The molecule has 0 amide bonds. The van der Waals surface area contributed by atoms with Crippen molar-refractivity contribution in [1.82, 2.24) is 9.97 Å². The standard InChI is InChI=1S/C13H15N5O.ClH/c1-8-7-9(2)16-13(15-8)18-12(14)17-10-5-3-4-6-11(10)19;/h3-7,19H,1-2H3,(H3,14,15,16,17,18);1H. The molecular weight excluding hydrogens is 278 g/mol. The lowest BCUT2D eigenvalue weighted by molar-refractivity contribution is 0.478. The number of guanidine groups is 1. The van der Waals surface area contributed by atoms with Gasteiger partial charge in [0, 0.05) is 11.4 Å². The topological polar surface area (TPSA) is 96.4 Å². The largest absolute Gasteiger partial charge is 0.506 e. The number of nitrogens with one attached hydrogen (secondary N) is 1. The Morgan fingerprint density at radius 1 is 1.20 bits per heavy atom. The zero-order chi connectivity index (χ0) is 13.8. The molecule has 2 aromatic rings. The van der Waals surface area contributed by atoms with Crippen LogP contribution in [0, 0.1) is 13.8 Å². The summed E-state index contributed by atoms with van der Waals surface area (Å²) in [6, 6.07) is 8.61. The van der Waals surface area contributed by atoms with Crippen molar-refractivity contribution in [3.8, 4) is 5.75 Å². The highest BCUT2D eigenvalue weighted by Gasteiger charge is 2.02. The SMILES string of the molecule is Cc1cc(C)nc(/N=C(\N)Nc2ccccc2O)n1.Cl. The number of rotatable bonds is 2. The number of para-hydroxylation sites is 2. The van der Waals surface area contributed by atoms with Crippen LogP contribution in [0.25, 0.3) is 0 Å². The highest BCUT2D eigenvalue weighted by Crippen LogP contribution is 2.21. The molecule has 0 unspecified atom stereocenters. The summed E-state index contributed by atoms with van der Waals surface area (Å²) in [5.41, 5.74) is 7.88. The van der Waals surface area contributed by atoms with Gasteiger partial charge in [0.15, 0.2) is 0 Å². The minimum absolute atomic E-state index is 0. The average Bonchev–Trinajstić information content (AvgIpc) is 2.30. The van der Waals surface area contributed by atoms with Crippen molar-refractivity contribution in [2.45, 2.75) is 13.8 Å². The fourth-order valence-corrected chi connectivity index (χ4v) is 1.61. The first-order valence-electron chi connectivity index (χ1n) is 5.76. The number of anilines is 1. The van der Waals surface area contributed by atoms with E-state index >= 15 is 0 Å². The van der Waals surface area contributed by atoms with Gasteiger partial charge >= 0.3 is 0 Å². The molecule has 4 N–H and O–H groups in total. The average molecular weight is 294 g/mol. The molecule has 0 spiro atoms. The maximum absolute atomic E-state index is 9.61. The van der Waals surface area contributed by atoms with Gasteiger partial charge in [-0.1, -0.05) is 12.1 Å². The second-order valence-electron chi connectivity index (χ2n) is 4.09. The first-order chi connectivity index (χ1) is 9.04. The summed E-state index contributed by atoms with van der Waals surface area (Å²) in [7, 11) is 0. The van der Waals surface area contributed by atoms with E-state index in [1.165, 1.54) is 0 Å². The maximum Gasteiger partial charge on any atom is 0.253 e. The van der Waals surface area contributed by atoms with Crippen LogP contribution in [0.15, 0.2) is 35.3 Å². The summed E-state index contributed by atoms with van der Waals surface area (Å²) in [5.74, 6) is 0.506. The van der Waals surface area contributed by atoms with Gasteiger partial charge in [0.1, 0.15) is 5.75 Å². The van der Waals surface area contributed by atoms with E-state index in [9.17, 15) is 5.11 Å². The molecule has 0 bridgehead atoms. The number of hydrogen-bond donors (Lipinski definition) is 3. The predicted octanol–water partition coefficient (Wildman–Crippen LogP) is 2.28. The molecule has 20 heavy (non-hydrogen) atoms. The van der Waals surface area contributed by atoms with Crippen molar-refractivity contribution in [3.63, 3.8) is 0 Å². The van der Waals surface area contributed by atoms with Crippen LogP contribution in [0.3, 0.4) is 0 Å². The quantitative estimate of drug-likeness (QED) is 0.448. The van der Waals surface area contributed by atoms with Crippen molar-refractivity contribution < 1.29 is 5.11 Å². The summed E-state index contributed by atoms with van der Waals surface area (Å²) < 4.78 is 0. The number of halogens is 1. The van der Waals surface area contributed by atoms with Crippen LogP contribution in [0.4, 0.5) is 11.6 Å². The van der Waals surface area contributed by atoms with Gasteiger partial charge in [-0.3, -0.25) is 0 Å². The molecule has 6 nitrogen and oxygen atoms in total. The van der Waals surface area contributed by atoms with Crippen LogP contribution in [-0.2, 0) is 0 Å². The number of benzene rings is 1. The Balaban J connectivity index is 0.00000200. The number of nitrogens with zero attached hydrogens (tertiary/aromatic N) is 3. The molecule has 0 radical (unpaired) electrons. The minimum Gasteiger partial charge on any atom is -0.506 e. The number of nitrogens with two attached hydrogens (primary N) is 1. The van der Waals surface area contributed by atoms with Crippen LogP contribution in [0.2, 0.25) is 0 Å². The van der Waals surface area contributed by atoms with Crippen LogP contribution >= 0.6 is 12.4 Å². The van der Waals surface area contributed by atoms with Crippen LogP contribution in [0.1, 0.15) is 11.4 Å². The Morgan fingerprint density at radius 3 is 2.40 bits per heavy atom. The Morgan fingerprint density at radius 2 is 1.80 bits per heavy atom. The molecule has 1 aromatic carbocycles. The molecule has 0 aliphatic rings. The van der Waals surface area contributed by atoms with Crippen molar-refractivity contribution in [1.29, 1.82) is 0 Å². The van der Waals surface area contributed by atoms with E-state index < -0.39 is 0 Å². The van der Waals surface area contributed by atoms with E-state index in [1.807, 2.05) is 19.9 Å². The number of aliphatic imine (C=N–C) groups is 1. The summed E-state index contributed by atoms with van der Waals surface area (Å²) in [5, 5.41) is 12.4. The predicted molar refractivity (Wildman–Crippen MR) is 81.8 cm³/mol. The Kier molecular flexibility index (Phi) is 5.28. The number of aromatic hydroxyl groups is 1. The molecule has 0 aliphatic heterocycles. The fourth-order valence-electron chi connectivity index (χ4n) is 1.61. The molecule has 0 aliphatic carbocycles. The Bertz CT molecular complexity index is 610. The fraction of sp³-hybridized carbons (Fsp3) is 0.154. The number of aromatic nitrogens is 2. The number of phenols is 1. The monoisotopic (exact) mass is 293 g/mol. The third kappa shape index (κ3) is 4.10. The molecule has 2 rings (SSSR count). The third-order valence-electron chi connectivity index (χ3n) is 2.36. The molecule has 1 aromatic heterocycles. The normalized spacial score (nSPS) is 10.8. The second-order valence-corrected chi connectivity index (χ2v) is 4.09. The van der Waals surface area contributed by atoms with Gasteiger partial charge in [0.25, 0.3) is 5.95 Å². The summed E-state index contributed by atoms with van der Waals surface area (Å²) >= 11 is 0. The molecular formula is C13H16ClN5O. The first kappa shape index (κ1) is 15.7.